The summed E-state index contributed by atoms with van der Waals surface area (Å²) in [6.07, 6.45) is 0.106. The van der Waals surface area contributed by atoms with E-state index in [9.17, 15) is 13.2 Å². The lowest BCUT2D eigenvalue weighted by molar-refractivity contribution is -0.137. The second-order valence-corrected chi connectivity index (χ2v) is 5.87. The van der Waals surface area contributed by atoms with Crippen molar-refractivity contribution in [3.63, 3.8) is 0 Å². The van der Waals surface area contributed by atoms with Gasteiger partial charge >= 0.3 is 5.97 Å². The maximum Gasteiger partial charge on any atom is 0.322 e. The summed E-state index contributed by atoms with van der Waals surface area (Å²) < 4.78 is 23.5. The number of carboxylic acids is 1. The quantitative estimate of drug-likeness (QED) is 0.758. The maximum atomic E-state index is 11.8. The van der Waals surface area contributed by atoms with Crippen LogP contribution in [0.1, 0.15) is 27.2 Å². The SMILES string of the molecule is CCC(C#N)S(=O)(=O)C(C(=O)O)C(C)C. The lowest BCUT2D eigenvalue weighted by Gasteiger charge is -2.19. The van der Waals surface area contributed by atoms with E-state index in [1.165, 1.54) is 13.8 Å². The molecule has 6 heteroatoms. The largest absolute Gasteiger partial charge is 0.480 e. The van der Waals surface area contributed by atoms with Gasteiger partial charge in [-0.15, -0.1) is 0 Å². The first-order valence-corrected chi connectivity index (χ1v) is 6.25. The summed E-state index contributed by atoms with van der Waals surface area (Å²) in [6.45, 7) is 4.57. The van der Waals surface area contributed by atoms with Crippen LogP contribution in [0.25, 0.3) is 0 Å². The number of carboxylic acid groups (broad SMARTS) is 1. The zero-order chi connectivity index (χ0) is 12.2. The second kappa shape index (κ2) is 5.12. The van der Waals surface area contributed by atoms with Crippen molar-refractivity contribution in [2.75, 3.05) is 0 Å². The van der Waals surface area contributed by atoms with Crippen molar-refractivity contribution >= 4 is 15.8 Å². The van der Waals surface area contributed by atoms with Crippen molar-refractivity contribution < 1.29 is 18.3 Å². The lowest BCUT2D eigenvalue weighted by atomic mass is 10.1. The van der Waals surface area contributed by atoms with E-state index in [1.807, 2.05) is 0 Å². The molecular weight excluding hydrogens is 218 g/mol. The first kappa shape index (κ1) is 13.9. The normalized spacial score (nSPS) is 15.7. The summed E-state index contributed by atoms with van der Waals surface area (Å²) in [7, 11) is -3.92. The third-order valence-corrected chi connectivity index (χ3v) is 4.80. The average Bonchev–Trinajstić information content (AvgIpc) is 2.02. The number of carbonyl (C=O) groups is 1. The number of hydrogen-bond donors (Lipinski definition) is 1. The minimum atomic E-state index is -3.92. The number of nitrogens with zero attached hydrogens (tertiary/aromatic N) is 1. The molecule has 2 atom stereocenters. The summed E-state index contributed by atoms with van der Waals surface area (Å²) >= 11 is 0. The molecule has 0 aromatic heterocycles. The molecule has 0 aromatic rings. The molecule has 1 N–H and O–H groups in total. The Bertz CT molecular complexity index is 366. The van der Waals surface area contributed by atoms with E-state index in [0.717, 1.165) is 0 Å². The van der Waals surface area contributed by atoms with Crippen LogP contribution >= 0.6 is 0 Å². The minimum absolute atomic E-state index is 0.106. The lowest BCUT2D eigenvalue weighted by Crippen LogP contribution is -2.40. The fraction of sp³-hybridized carbons (Fsp3) is 0.778. The van der Waals surface area contributed by atoms with Crippen molar-refractivity contribution in [2.24, 2.45) is 5.92 Å². The predicted molar refractivity (Wildman–Crippen MR) is 54.9 cm³/mol. The minimum Gasteiger partial charge on any atom is -0.480 e. The highest BCUT2D eigenvalue weighted by Gasteiger charge is 2.40. The third-order valence-electron chi connectivity index (χ3n) is 2.11. The Hall–Kier alpha value is -1.09. The van der Waals surface area contributed by atoms with Crippen LogP contribution < -0.4 is 0 Å². The van der Waals surface area contributed by atoms with Gasteiger partial charge in [-0.2, -0.15) is 5.26 Å². The maximum absolute atomic E-state index is 11.8. The topological polar surface area (TPSA) is 95.2 Å². The monoisotopic (exact) mass is 233 g/mol. The molecule has 2 unspecified atom stereocenters. The van der Waals surface area contributed by atoms with Crippen LogP contribution in [0.5, 0.6) is 0 Å². The molecule has 5 nitrogen and oxygen atoms in total. The van der Waals surface area contributed by atoms with Gasteiger partial charge in [-0.1, -0.05) is 20.8 Å². The van der Waals surface area contributed by atoms with Gasteiger partial charge in [0.15, 0.2) is 15.1 Å². The Labute approximate surface area is 89.6 Å². The first-order valence-electron chi connectivity index (χ1n) is 4.64. The number of hydrogen-bond acceptors (Lipinski definition) is 4. The molecule has 86 valence electrons. The van der Waals surface area contributed by atoms with Crippen LogP contribution in [0.15, 0.2) is 0 Å². The van der Waals surface area contributed by atoms with Crippen LogP contribution in [-0.4, -0.2) is 30.0 Å². The van der Waals surface area contributed by atoms with E-state index in [0.29, 0.717) is 0 Å². The Morgan fingerprint density at radius 2 is 1.93 bits per heavy atom. The molecule has 0 aliphatic carbocycles. The zero-order valence-electron chi connectivity index (χ0n) is 8.97. The van der Waals surface area contributed by atoms with E-state index in [4.69, 9.17) is 10.4 Å². The van der Waals surface area contributed by atoms with Gasteiger partial charge in [-0.05, 0) is 12.3 Å². The molecular formula is C9H15NO4S. The van der Waals surface area contributed by atoms with Crippen LogP contribution in [0, 0.1) is 17.2 Å². The van der Waals surface area contributed by atoms with E-state index in [1.54, 1.807) is 13.0 Å². The molecule has 0 saturated heterocycles. The molecule has 0 saturated carbocycles. The molecule has 0 aromatic carbocycles. The molecule has 0 amide bonds. The Balaban J connectivity index is 5.33. The van der Waals surface area contributed by atoms with Gasteiger partial charge in [0, 0.05) is 0 Å². The fourth-order valence-corrected chi connectivity index (χ4v) is 3.38. The van der Waals surface area contributed by atoms with Crippen LogP contribution in [0.2, 0.25) is 0 Å². The van der Waals surface area contributed by atoms with Crippen molar-refractivity contribution in [3.8, 4) is 6.07 Å². The summed E-state index contributed by atoms with van der Waals surface area (Å²) in [5.74, 6) is -1.94. The summed E-state index contributed by atoms with van der Waals surface area (Å²) in [6, 6.07) is 1.63. The van der Waals surface area contributed by atoms with Crippen molar-refractivity contribution in [1.29, 1.82) is 5.26 Å². The molecule has 0 aliphatic rings. The Morgan fingerprint density at radius 1 is 1.47 bits per heavy atom. The van der Waals surface area contributed by atoms with Gasteiger partial charge in [-0.3, -0.25) is 4.79 Å². The van der Waals surface area contributed by atoms with Gasteiger partial charge < -0.3 is 5.11 Å². The van der Waals surface area contributed by atoms with Gasteiger partial charge in [0.1, 0.15) is 5.25 Å². The Kier molecular flexibility index (Phi) is 4.75. The first-order chi connectivity index (χ1) is 6.78. The molecule has 0 bridgehead atoms. The molecule has 15 heavy (non-hydrogen) atoms. The Morgan fingerprint density at radius 3 is 2.13 bits per heavy atom. The van der Waals surface area contributed by atoms with Crippen LogP contribution in [-0.2, 0) is 14.6 Å². The average molecular weight is 233 g/mol. The molecule has 0 spiro atoms. The number of aliphatic carboxylic acids is 1. The van der Waals surface area contributed by atoms with Crippen molar-refractivity contribution in [3.05, 3.63) is 0 Å². The van der Waals surface area contributed by atoms with Crippen molar-refractivity contribution in [2.45, 2.75) is 37.7 Å². The van der Waals surface area contributed by atoms with E-state index >= 15 is 0 Å². The molecule has 0 heterocycles. The summed E-state index contributed by atoms with van der Waals surface area (Å²) in [5, 5.41) is 14.7. The van der Waals surface area contributed by atoms with Gasteiger partial charge in [0.25, 0.3) is 0 Å². The van der Waals surface area contributed by atoms with Gasteiger partial charge in [-0.25, -0.2) is 8.42 Å². The highest BCUT2D eigenvalue weighted by Crippen LogP contribution is 2.19. The van der Waals surface area contributed by atoms with Crippen molar-refractivity contribution in [1.82, 2.24) is 0 Å². The zero-order valence-corrected chi connectivity index (χ0v) is 9.78. The highest BCUT2D eigenvalue weighted by molar-refractivity contribution is 7.93. The molecule has 0 rings (SSSR count). The molecule has 0 radical (unpaired) electrons. The third kappa shape index (κ3) is 2.93. The molecule has 0 fully saturated rings. The number of sulfone groups is 1. The number of nitriles is 1. The smallest absolute Gasteiger partial charge is 0.322 e. The summed E-state index contributed by atoms with van der Waals surface area (Å²) in [5.41, 5.74) is 0. The van der Waals surface area contributed by atoms with Crippen LogP contribution in [0.4, 0.5) is 0 Å². The summed E-state index contributed by atoms with van der Waals surface area (Å²) in [4.78, 5) is 10.8. The van der Waals surface area contributed by atoms with Gasteiger partial charge in [0.2, 0.25) is 0 Å². The fourth-order valence-electron chi connectivity index (χ4n) is 1.38. The van der Waals surface area contributed by atoms with Crippen LogP contribution in [0.3, 0.4) is 0 Å². The van der Waals surface area contributed by atoms with E-state index < -0.39 is 32.2 Å². The van der Waals surface area contributed by atoms with Gasteiger partial charge in [0.05, 0.1) is 6.07 Å². The molecule has 0 aliphatic heterocycles. The van der Waals surface area contributed by atoms with E-state index in [2.05, 4.69) is 0 Å². The predicted octanol–water partition coefficient (Wildman–Crippen LogP) is 0.813. The highest BCUT2D eigenvalue weighted by atomic mass is 32.2. The number of rotatable bonds is 5. The van der Waals surface area contributed by atoms with E-state index in [-0.39, 0.29) is 6.42 Å². The standard InChI is InChI=1S/C9H15NO4S/c1-4-7(5-10)15(13,14)8(6(2)3)9(11)12/h6-8H,4H2,1-3H3,(H,11,12). The second-order valence-electron chi connectivity index (χ2n) is 3.62.